The van der Waals surface area contributed by atoms with E-state index < -0.39 is 56.0 Å². The van der Waals surface area contributed by atoms with Crippen molar-refractivity contribution in [2.24, 2.45) is 5.92 Å². The zero-order valence-corrected chi connectivity index (χ0v) is 23.6. The summed E-state index contributed by atoms with van der Waals surface area (Å²) in [5.74, 6) is -9.03. The lowest BCUT2D eigenvalue weighted by Crippen LogP contribution is -2.16. The van der Waals surface area contributed by atoms with Gasteiger partial charge in [0.1, 0.15) is 23.3 Å². The van der Waals surface area contributed by atoms with E-state index in [0.717, 1.165) is 18.2 Å². The molecular formula is C31H27F11S. The Morgan fingerprint density at radius 3 is 1.77 bits per heavy atom. The Balaban J connectivity index is 1.39. The highest BCUT2D eigenvalue weighted by molar-refractivity contribution is 8.45. The molecule has 234 valence electrons. The van der Waals surface area contributed by atoms with Gasteiger partial charge in [0.25, 0.3) is 0 Å². The van der Waals surface area contributed by atoms with Crippen LogP contribution in [0.5, 0.6) is 0 Å². The number of benzene rings is 3. The highest BCUT2D eigenvalue weighted by atomic mass is 32.5. The molecule has 0 atom stereocenters. The number of rotatable bonds is 8. The van der Waals surface area contributed by atoms with Crippen LogP contribution >= 0.6 is 10.2 Å². The maximum atomic E-state index is 14.9. The van der Waals surface area contributed by atoms with Crippen molar-refractivity contribution in [3.63, 3.8) is 0 Å². The van der Waals surface area contributed by atoms with E-state index in [1.165, 1.54) is 37.3 Å². The molecule has 1 aliphatic rings. The van der Waals surface area contributed by atoms with Crippen molar-refractivity contribution in [3.05, 3.63) is 106 Å². The van der Waals surface area contributed by atoms with Crippen LogP contribution in [0.1, 0.15) is 61.6 Å². The molecule has 0 saturated heterocycles. The predicted molar refractivity (Wildman–Crippen MR) is 147 cm³/mol. The molecule has 0 unspecified atom stereocenters. The number of hydrogen-bond acceptors (Lipinski definition) is 0. The molecule has 1 aliphatic carbocycles. The summed E-state index contributed by atoms with van der Waals surface area (Å²) in [5, 5.41) is 0. The lowest BCUT2D eigenvalue weighted by molar-refractivity contribution is 0.306. The van der Waals surface area contributed by atoms with Gasteiger partial charge in [0, 0.05) is 11.1 Å². The fourth-order valence-electron chi connectivity index (χ4n) is 5.49. The van der Waals surface area contributed by atoms with Crippen LogP contribution in [-0.2, 0) is 6.42 Å². The summed E-state index contributed by atoms with van der Waals surface area (Å²) in [6, 6.07) is 8.27. The van der Waals surface area contributed by atoms with Crippen molar-refractivity contribution in [1.82, 2.24) is 0 Å². The van der Waals surface area contributed by atoms with Crippen molar-refractivity contribution in [1.29, 1.82) is 0 Å². The van der Waals surface area contributed by atoms with E-state index in [9.17, 15) is 45.8 Å². The van der Waals surface area contributed by atoms with Gasteiger partial charge in [0.15, 0.2) is 16.5 Å². The molecule has 12 heteroatoms. The first kappa shape index (κ1) is 32.6. The van der Waals surface area contributed by atoms with Gasteiger partial charge in [-0.25, -0.2) is 26.3 Å². The Morgan fingerprint density at radius 2 is 1.28 bits per heavy atom. The number of halogens is 11. The van der Waals surface area contributed by atoms with Crippen molar-refractivity contribution in [2.75, 3.05) is 0 Å². The van der Waals surface area contributed by atoms with Crippen LogP contribution < -0.4 is 0 Å². The van der Waals surface area contributed by atoms with Crippen molar-refractivity contribution in [2.45, 2.75) is 56.3 Å². The maximum absolute atomic E-state index is 14.9. The van der Waals surface area contributed by atoms with Crippen molar-refractivity contribution < 1.29 is 45.8 Å². The van der Waals surface area contributed by atoms with E-state index in [2.05, 4.69) is 0 Å². The fraction of sp³-hybridized carbons (Fsp3) is 0.290. The lowest BCUT2D eigenvalue weighted by atomic mass is 9.77. The second kappa shape index (κ2) is 11.3. The fourth-order valence-corrected chi connectivity index (χ4v) is 6.35. The van der Waals surface area contributed by atoms with E-state index in [0.29, 0.717) is 49.8 Å². The van der Waals surface area contributed by atoms with Crippen LogP contribution in [-0.4, -0.2) is 0 Å². The largest absolute Gasteiger partial charge is 0.315 e. The summed E-state index contributed by atoms with van der Waals surface area (Å²) >= 11 is 0. The first-order valence-electron chi connectivity index (χ1n) is 13.4. The van der Waals surface area contributed by atoms with Gasteiger partial charge in [-0.05, 0) is 104 Å². The van der Waals surface area contributed by atoms with Gasteiger partial charge in [-0.15, -0.1) is 0 Å². The average Bonchev–Trinajstić information content (AvgIpc) is 2.90. The zero-order chi connectivity index (χ0) is 31.8. The normalized spacial score (nSPS) is 20.1. The van der Waals surface area contributed by atoms with Crippen LogP contribution in [0.15, 0.2) is 71.4 Å². The Morgan fingerprint density at radius 1 is 0.744 bits per heavy atom. The van der Waals surface area contributed by atoms with Crippen LogP contribution in [0.2, 0.25) is 0 Å². The van der Waals surface area contributed by atoms with Crippen LogP contribution in [0.25, 0.3) is 17.0 Å². The molecule has 0 bridgehead atoms. The van der Waals surface area contributed by atoms with E-state index in [1.807, 2.05) is 0 Å². The second-order valence-electron chi connectivity index (χ2n) is 10.7. The van der Waals surface area contributed by atoms with Crippen LogP contribution in [0.4, 0.5) is 45.8 Å². The second-order valence-corrected chi connectivity index (χ2v) is 13.0. The van der Waals surface area contributed by atoms with Crippen molar-refractivity contribution >= 4 is 16.1 Å². The zero-order valence-electron chi connectivity index (χ0n) is 22.7. The lowest BCUT2D eigenvalue weighted by Gasteiger charge is -2.41. The van der Waals surface area contributed by atoms with E-state index in [1.54, 1.807) is 0 Å². The van der Waals surface area contributed by atoms with Crippen LogP contribution in [0.3, 0.4) is 0 Å². The Hall–Kier alpha value is -3.28. The van der Waals surface area contributed by atoms with E-state index in [4.69, 9.17) is 0 Å². The minimum Gasteiger partial charge on any atom is -0.207 e. The molecular weight excluding hydrogens is 613 g/mol. The topological polar surface area (TPSA) is 0 Å². The first-order valence-corrected chi connectivity index (χ1v) is 15.3. The number of hydrogen-bond donors (Lipinski definition) is 0. The maximum Gasteiger partial charge on any atom is 0.315 e. The van der Waals surface area contributed by atoms with Gasteiger partial charge >= 0.3 is 10.2 Å². The minimum atomic E-state index is -10.6. The van der Waals surface area contributed by atoms with Gasteiger partial charge in [0.2, 0.25) is 0 Å². The van der Waals surface area contributed by atoms with Gasteiger partial charge in [0.05, 0.1) is 0 Å². The highest BCUT2D eigenvalue weighted by Crippen LogP contribution is 3.02. The molecule has 0 aromatic heterocycles. The molecule has 0 nitrogen and oxygen atoms in total. The summed E-state index contributed by atoms with van der Waals surface area (Å²) in [6.45, 7) is 1.53. The third kappa shape index (κ3) is 7.63. The number of allylic oxidation sites excluding steroid dienone is 3. The molecule has 0 spiro atoms. The summed E-state index contributed by atoms with van der Waals surface area (Å²) in [7, 11) is -10.6. The van der Waals surface area contributed by atoms with Crippen LogP contribution in [0, 0.1) is 29.2 Å². The highest BCUT2D eigenvalue weighted by Gasteiger charge is 2.69. The van der Waals surface area contributed by atoms with Crippen molar-refractivity contribution in [3.8, 4) is 11.1 Å². The third-order valence-corrected chi connectivity index (χ3v) is 8.82. The monoisotopic (exact) mass is 640 g/mol. The summed E-state index contributed by atoms with van der Waals surface area (Å²) in [4.78, 5) is -3.15. The molecule has 1 fully saturated rings. The standard InChI is InChI=1S/C31H27F11S/c1-2-3-25(32)30(37)21-11-9-20(10-12-21)22-14-26(33)24(27(34)15-22)13-6-18-4-7-19(8-5-18)23-16-28(35)31(29(36)17-23)43(38,39,40,41)42/h2-3,9-12,14-19H,4-8,13H2,1H3. The molecule has 3 aromatic rings. The Labute approximate surface area is 241 Å². The summed E-state index contributed by atoms with van der Waals surface area (Å²) < 4.78 is 151. The Bertz CT molecular complexity index is 1520. The van der Waals surface area contributed by atoms with Gasteiger partial charge < -0.3 is 0 Å². The van der Waals surface area contributed by atoms with Gasteiger partial charge in [-0.1, -0.05) is 49.8 Å². The quantitative estimate of drug-likeness (QED) is 0.170. The first-order chi connectivity index (χ1) is 19.9. The van der Waals surface area contributed by atoms with Gasteiger partial charge in [-0.2, -0.15) is 0 Å². The molecule has 0 N–H and O–H groups in total. The molecule has 3 aromatic carbocycles. The predicted octanol–water partition coefficient (Wildman–Crippen LogP) is 12.7. The summed E-state index contributed by atoms with van der Waals surface area (Å²) in [6.07, 6.45) is 4.20. The van der Waals surface area contributed by atoms with Gasteiger partial charge in [-0.3, -0.25) is 0 Å². The molecule has 4 rings (SSSR count). The summed E-state index contributed by atoms with van der Waals surface area (Å²) in [5.41, 5.74) is 0.233. The molecule has 0 aliphatic heterocycles. The third-order valence-electron chi connectivity index (χ3n) is 7.66. The molecule has 0 radical (unpaired) electrons. The minimum absolute atomic E-state index is 0.0353. The molecule has 0 amide bonds. The molecule has 0 heterocycles. The van der Waals surface area contributed by atoms with E-state index in [-0.39, 0.29) is 34.6 Å². The smallest absolute Gasteiger partial charge is 0.207 e. The Kier molecular flexibility index (Phi) is 8.60. The SMILES string of the molecule is CC=CC(F)=C(F)c1ccc(-c2cc(F)c(CCC3CCC(c4cc(F)c(S(F)(F)(F)(F)F)c(F)c4)CC3)c(F)c2)cc1. The molecule has 43 heavy (non-hydrogen) atoms. The van der Waals surface area contributed by atoms with E-state index >= 15 is 0 Å². The average molecular weight is 641 g/mol. The molecule has 1 saturated carbocycles.